The molecule has 2 aliphatic rings. The topological polar surface area (TPSA) is 198 Å². The highest BCUT2D eigenvalue weighted by atomic mass is 16.7. The minimum absolute atomic E-state index is 0.574. The van der Waals surface area contributed by atoms with Gasteiger partial charge in [0, 0.05) is 6.92 Å². The van der Waals surface area contributed by atoms with Gasteiger partial charge in [0.15, 0.2) is 12.6 Å². The van der Waals surface area contributed by atoms with Crippen LogP contribution in [-0.2, 0) is 19.0 Å². The maximum absolute atomic E-state index is 11.4. The molecular formula is C14H25NO11. The van der Waals surface area contributed by atoms with E-state index in [0.717, 1.165) is 6.92 Å². The molecule has 0 unspecified atom stereocenters. The predicted octanol–water partition coefficient (Wildman–Crippen LogP) is -5.25. The molecule has 2 rings (SSSR count). The SMILES string of the molecule is CC(=O)N[C@@H]1[C@H](O[C@H]2[C@H](O)[C@@H](O)[C@@H](O)O[C@@H]2CO)O[C@H](CO)[C@H](O)[C@@H]1O. The van der Waals surface area contributed by atoms with E-state index < -0.39 is 80.5 Å². The van der Waals surface area contributed by atoms with Gasteiger partial charge in [0.2, 0.25) is 5.91 Å². The third-order valence-electron chi connectivity index (χ3n) is 4.38. The van der Waals surface area contributed by atoms with Crippen LogP contribution in [0.3, 0.4) is 0 Å². The van der Waals surface area contributed by atoms with Gasteiger partial charge >= 0.3 is 0 Å². The predicted molar refractivity (Wildman–Crippen MR) is 80.2 cm³/mol. The maximum Gasteiger partial charge on any atom is 0.217 e. The van der Waals surface area contributed by atoms with Gasteiger partial charge in [0.1, 0.15) is 48.8 Å². The number of carbonyl (C=O) groups is 1. The zero-order valence-electron chi connectivity index (χ0n) is 14.0. The zero-order chi connectivity index (χ0) is 19.6. The summed E-state index contributed by atoms with van der Waals surface area (Å²) < 4.78 is 15.8. The second-order valence-electron chi connectivity index (χ2n) is 6.26. The lowest BCUT2D eigenvalue weighted by atomic mass is 9.95. The minimum Gasteiger partial charge on any atom is -0.394 e. The van der Waals surface area contributed by atoms with Crippen LogP contribution in [0.1, 0.15) is 6.92 Å². The molecule has 0 spiro atoms. The van der Waals surface area contributed by atoms with E-state index in [4.69, 9.17) is 14.2 Å². The van der Waals surface area contributed by atoms with Gasteiger partial charge in [-0.05, 0) is 0 Å². The molecule has 12 heteroatoms. The molecule has 2 fully saturated rings. The van der Waals surface area contributed by atoms with E-state index >= 15 is 0 Å². The molecule has 2 heterocycles. The molecule has 26 heavy (non-hydrogen) atoms. The smallest absolute Gasteiger partial charge is 0.217 e. The molecule has 0 aromatic rings. The van der Waals surface area contributed by atoms with Crippen LogP contribution in [-0.4, -0.2) is 116 Å². The van der Waals surface area contributed by atoms with E-state index in [0.29, 0.717) is 0 Å². The number of amides is 1. The fraction of sp³-hybridized carbons (Fsp3) is 0.929. The van der Waals surface area contributed by atoms with Crippen molar-refractivity contribution < 1.29 is 54.8 Å². The van der Waals surface area contributed by atoms with Crippen LogP contribution in [0.15, 0.2) is 0 Å². The van der Waals surface area contributed by atoms with Crippen molar-refractivity contribution in [3.8, 4) is 0 Å². The number of ether oxygens (including phenoxy) is 3. The standard InChI is InChI=1S/C14H25NO11/c1-4(18)15-7-9(20)8(19)5(2-16)25-14(7)26-12-6(3-17)24-13(23)11(22)10(12)21/h5-14,16-17,19-23H,2-3H2,1H3,(H,15,18)/t5-,6-,7+,8+,9-,10-,11-,12-,13+,14+/m1/s1. The van der Waals surface area contributed by atoms with Crippen molar-refractivity contribution in [1.82, 2.24) is 5.32 Å². The Labute approximate surface area is 148 Å². The van der Waals surface area contributed by atoms with Crippen LogP contribution in [0.4, 0.5) is 0 Å². The lowest BCUT2D eigenvalue weighted by molar-refractivity contribution is -0.341. The van der Waals surface area contributed by atoms with Gasteiger partial charge in [0.25, 0.3) is 0 Å². The van der Waals surface area contributed by atoms with E-state index in [9.17, 15) is 40.5 Å². The van der Waals surface area contributed by atoms with Crippen molar-refractivity contribution in [1.29, 1.82) is 0 Å². The van der Waals surface area contributed by atoms with Gasteiger partial charge in [-0.3, -0.25) is 4.79 Å². The van der Waals surface area contributed by atoms with Crippen LogP contribution in [0, 0.1) is 0 Å². The van der Waals surface area contributed by atoms with Crippen molar-refractivity contribution in [2.45, 2.75) is 68.3 Å². The second-order valence-corrected chi connectivity index (χ2v) is 6.26. The van der Waals surface area contributed by atoms with Crippen molar-refractivity contribution in [3.63, 3.8) is 0 Å². The first kappa shape index (κ1) is 21.4. The van der Waals surface area contributed by atoms with E-state index in [1.807, 2.05) is 0 Å². The molecule has 0 aromatic heterocycles. The lowest BCUT2D eigenvalue weighted by Crippen LogP contribution is -2.67. The van der Waals surface area contributed by atoms with Crippen LogP contribution in [0.5, 0.6) is 0 Å². The molecule has 0 bridgehead atoms. The summed E-state index contributed by atoms with van der Waals surface area (Å²) in [4.78, 5) is 11.4. The molecular weight excluding hydrogens is 358 g/mol. The van der Waals surface area contributed by atoms with E-state index in [2.05, 4.69) is 5.32 Å². The summed E-state index contributed by atoms with van der Waals surface area (Å²) in [5.41, 5.74) is 0. The summed E-state index contributed by atoms with van der Waals surface area (Å²) in [7, 11) is 0. The molecule has 2 aliphatic heterocycles. The largest absolute Gasteiger partial charge is 0.394 e. The van der Waals surface area contributed by atoms with Crippen LogP contribution in [0.25, 0.3) is 0 Å². The summed E-state index contributed by atoms with van der Waals surface area (Å²) in [6, 6.07) is -1.28. The Morgan fingerprint density at radius 1 is 0.923 bits per heavy atom. The van der Waals surface area contributed by atoms with Gasteiger partial charge in [-0.25, -0.2) is 0 Å². The highest BCUT2D eigenvalue weighted by Crippen LogP contribution is 2.28. The van der Waals surface area contributed by atoms with Gasteiger partial charge < -0.3 is 55.3 Å². The maximum atomic E-state index is 11.4. The minimum atomic E-state index is -1.75. The molecule has 0 radical (unpaired) electrons. The molecule has 152 valence electrons. The summed E-state index contributed by atoms with van der Waals surface area (Å²) in [6.07, 6.45) is -13.6. The number of rotatable bonds is 5. The number of aliphatic hydroxyl groups is 7. The van der Waals surface area contributed by atoms with Crippen molar-refractivity contribution in [2.24, 2.45) is 0 Å². The Morgan fingerprint density at radius 2 is 1.54 bits per heavy atom. The normalized spacial score (nSPS) is 46.8. The summed E-state index contributed by atoms with van der Waals surface area (Å²) >= 11 is 0. The number of aliphatic hydroxyl groups excluding tert-OH is 7. The molecule has 0 aromatic carbocycles. The Hall–Kier alpha value is -0.930. The van der Waals surface area contributed by atoms with Crippen molar-refractivity contribution >= 4 is 5.91 Å². The third-order valence-corrected chi connectivity index (χ3v) is 4.38. The van der Waals surface area contributed by atoms with E-state index in [1.54, 1.807) is 0 Å². The van der Waals surface area contributed by atoms with E-state index in [-0.39, 0.29) is 0 Å². The highest BCUT2D eigenvalue weighted by Gasteiger charge is 2.50. The Morgan fingerprint density at radius 3 is 2.08 bits per heavy atom. The number of hydrogen-bond donors (Lipinski definition) is 8. The summed E-state index contributed by atoms with van der Waals surface area (Å²) in [5, 5.41) is 70.5. The molecule has 1 amide bonds. The molecule has 10 atom stereocenters. The van der Waals surface area contributed by atoms with E-state index in [1.165, 1.54) is 0 Å². The number of hydrogen-bond acceptors (Lipinski definition) is 11. The number of nitrogens with one attached hydrogen (secondary N) is 1. The van der Waals surface area contributed by atoms with Crippen molar-refractivity contribution in [2.75, 3.05) is 13.2 Å². The molecule has 0 aliphatic carbocycles. The van der Waals surface area contributed by atoms with Crippen LogP contribution >= 0.6 is 0 Å². The van der Waals surface area contributed by atoms with Gasteiger partial charge in [-0.2, -0.15) is 0 Å². The summed E-state index contributed by atoms with van der Waals surface area (Å²) in [6.45, 7) is -0.194. The Bertz CT molecular complexity index is 478. The Kier molecular flexibility index (Phi) is 7.27. The first-order chi connectivity index (χ1) is 12.2. The Balaban J connectivity index is 2.22. The van der Waals surface area contributed by atoms with Gasteiger partial charge in [-0.1, -0.05) is 0 Å². The summed E-state index contributed by atoms with van der Waals surface area (Å²) in [5.74, 6) is -0.574. The average molecular weight is 383 g/mol. The van der Waals surface area contributed by atoms with Crippen LogP contribution in [0.2, 0.25) is 0 Å². The first-order valence-corrected chi connectivity index (χ1v) is 8.06. The number of carbonyl (C=O) groups excluding carboxylic acids is 1. The van der Waals surface area contributed by atoms with Crippen molar-refractivity contribution in [3.05, 3.63) is 0 Å². The fourth-order valence-corrected chi connectivity index (χ4v) is 2.98. The lowest BCUT2D eigenvalue weighted by Gasteiger charge is -2.46. The molecule has 2 saturated heterocycles. The van der Waals surface area contributed by atoms with Gasteiger partial charge in [0.05, 0.1) is 13.2 Å². The zero-order valence-corrected chi connectivity index (χ0v) is 14.0. The average Bonchev–Trinajstić information content (AvgIpc) is 2.60. The molecule has 8 N–H and O–H groups in total. The quantitative estimate of drug-likeness (QED) is 0.226. The second kappa shape index (κ2) is 8.84. The molecule has 0 saturated carbocycles. The third kappa shape index (κ3) is 4.31. The first-order valence-electron chi connectivity index (χ1n) is 8.06. The fourth-order valence-electron chi connectivity index (χ4n) is 2.98. The van der Waals surface area contributed by atoms with Crippen LogP contribution < -0.4 is 5.32 Å². The monoisotopic (exact) mass is 383 g/mol. The molecule has 12 nitrogen and oxygen atoms in total. The highest BCUT2D eigenvalue weighted by molar-refractivity contribution is 5.73. The van der Waals surface area contributed by atoms with Gasteiger partial charge in [-0.15, -0.1) is 0 Å².